The molecule has 2 atom stereocenters. The molecule has 0 aromatic heterocycles. The molecule has 0 radical (unpaired) electrons. The molecule has 112 valence electrons. The normalized spacial score (nSPS) is 13.9. The number of amides is 1. The molecular weight excluding hydrogens is 270 g/mol. The SMILES string of the molecule is CC(=O)NCCC(O)C(O)c1ccc(O)c2ccccc12. The van der Waals surface area contributed by atoms with Gasteiger partial charge in [-0.25, -0.2) is 0 Å². The first-order chi connectivity index (χ1) is 10.0. The predicted octanol–water partition coefficient (Wildman–Crippen LogP) is 1.47. The van der Waals surface area contributed by atoms with Crippen LogP contribution in [-0.2, 0) is 4.79 Å². The van der Waals surface area contributed by atoms with Crippen LogP contribution in [0.1, 0.15) is 25.0 Å². The van der Waals surface area contributed by atoms with Crippen LogP contribution in [0.25, 0.3) is 10.8 Å². The number of hydrogen-bond acceptors (Lipinski definition) is 4. The van der Waals surface area contributed by atoms with Crippen LogP contribution >= 0.6 is 0 Å². The van der Waals surface area contributed by atoms with E-state index in [1.165, 1.54) is 13.0 Å². The maximum Gasteiger partial charge on any atom is 0.216 e. The van der Waals surface area contributed by atoms with E-state index in [-0.39, 0.29) is 18.1 Å². The number of benzene rings is 2. The van der Waals surface area contributed by atoms with E-state index in [1.54, 1.807) is 24.3 Å². The van der Waals surface area contributed by atoms with Gasteiger partial charge in [-0.1, -0.05) is 30.3 Å². The fourth-order valence-corrected chi connectivity index (χ4v) is 2.33. The Morgan fingerprint density at radius 3 is 2.48 bits per heavy atom. The third-order valence-corrected chi connectivity index (χ3v) is 3.43. The smallest absolute Gasteiger partial charge is 0.216 e. The molecule has 2 rings (SSSR count). The molecule has 2 aromatic carbocycles. The molecule has 0 spiro atoms. The molecule has 0 aliphatic heterocycles. The minimum Gasteiger partial charge on any atom is -0.507 e. The number of phenolic OH excluding ortho intramolecular Hbond substituents is 1. The minimum absolute atomic E-state index is 0.134. The summed E-state index contributed by atoms with van der Waals surface area (Å²) in [6.45, 7) is 1.69. The number of carbonyl (C=O) groups excluding carboxylic acids is 1. The van der Waals surface area contributed by atoms with Crippen LogP contribution in [-0.4, -0.2) is 33.9 Å². The van der Waals surface area contributed by atoms with Gasteiger partial charge >= 0.3 is 0 Å². The summed E-state index contributed by atoms with van der Waals surface area (Å²) in [4.78, 5) is 10.8. The monoisotopic (exact) mass is 289 g/mol. The summed E-state index contributed by atoms with van der Waals surface area (Å²) in [6, 6.07) is 10.2. The lowest BCUT2D eigenvalue weighted by Crippen LogP contribution is -2.27. The summed E-state index contributed by atoms with van der Waals surface area (Å²) in [5.41, 5.74) is 0.554. The Balaban J connectivity index is 2.21. The van der Waals surface area contributed by atoms with Crippen LogP contribution in [0.4, 0.5) is 0 Å². The molecule has 5 nitrogen and oxygen atoms in total. The molecule has 0 saturated heterocycles. The zero-order valence-electron chi connectivity index (χ0n) is 11.8. The number of fused-ring (bicyclic) bond motifs is 1. The molecule has 0 heterocycles. The van der Waals surface area contributed by atoms with Crippen LogP contribution in [0.15, 0.2) is 36.4 Å². The van der Waals surface area contributed by atoms with Crippen molar-refractivity contribution in [2.45, 2.75) is 25.6 Å². The van der Waals surface area contributed by atoms with E-state index in [1.807, 2.05) is 6.07 Å². The lowest BCUT2D eigenvalue weighted by molar-refractivity contribution is -0.119. The van der Waals surface area contributed by atoms with Crippen molar-refractivity contribution >= 4 is 16.7 Å². The predicted molar refractivity (Wildman–Crippen MR) is 79.9 cm³/mol. The van der Waals surface area contributed by atoms with E-state index in [4.69, 9.17) is 0 Å². The van der Waals surface area contributed by atoms with E-state index in [2.05, 4.69) is 5.32 Å². The minimum atomic E-state index is -1.08. The molecule has 2 unspecified atom stereocenters. The molecule has 0 fully saturated rings. The number of aliphatic hydroxyl groups is 2. The largest absolute Gasteiger partial charge is 0.507 e. The van der Waals surface area contributed by atoms with Crippen molar-refractivity contribution in [2.75, 3.05) is 6.54 Å². The summed E-state index contributed by atoms with van der Waals surface area (Å²) in [5.74, 6) is -0.0407. The molecule has 4 N–H and O–H groups in total. The molecule has 0 aliphatic carbocycles. The summed E-state index contributed by atoms with van der Waals surface area (Å²) in [5, 5.41) is 34.1. The van der Waals surface area contributed by atoms with E-state index in [0.29, 0.717) is 22.9 Å². The van der Waals surface area contributed by atoms with Gasteiger partial charge in [0, 0.05) is 18.9 Å². The highest BCUT2D eigenvalue weighted by Gasteiger charge is 2.20. The van der Waals surface area contributed by atoms with Crippen molar-refractivity contribution in [1.29, 1.82) is 0 Å². The number of carbonyl (C=O) groups is 1. The van der Waals surface area contributed by atoms with Gasteiger partial charge in [-0.2, -0.15) is 0 Å². The Morgan fingerprint density at radius 2 is 1.81 bits per heavy atom. The van der Waals surface area contributed by atoms with Gasteiger partial charge < -0.3 is 20.6 Å². The Bertz CT molecular complexity index is 641. The van der Waals surface area contributed by atoms with Crippen LogP contribution in [0, 0.1) is 0 Å². The quantitative estimate of drug-likeness (QED) is 0.671. The van der Waals surface area contributed by atoms with E-state index in [9.17, 15) is 20.1 Å². The number of phenols is 1. The van der Waals surface area contributed by atoms with E-state index >= 15 is 0 Å². The standard InChI is InChI=1S/C16H19NO4/c1-10(18)17-9-8-15(20)16(21)13-6-7-14(19)12-5-3-2-4-11(12)13/h2-7,15-16,19-21H,8-9H2,1H3,(H,17,18). The Kier molecular flexibility index (Phi) is 4.77. The lowest BCUT2D eigenvalue weighted by Gasteiger charge is -2.20. The Morgan fingerprint density at radius 1 is 1.14 bits per heavy atom. The molecule has 5 heteroatoms. The average molecular weight is 289 g/mol. The van der Waals surface area contributed by atoms with Gasteiger partial charge in [0.05, 0.1) is 6.10 Å². The van der Waals surface area contributed by atoms with Gasteiger partial charge in [0.2, 0.25) is 5.91 Å². The third-order valence-electron chi connectivity index (χ3n) is 3.43. The molecule has 0 bridgehead atoms. The maximum absolute atomic E-state index is 10.8. The fraction of sp³-hybridized carbons (Fsp3) is 0.312. The first-order valence-electron chi connectivity index (χ1n) is 6.82. The van der Waals surface area contributed by atoms with Crippen molar-refractivity contribution in [3.8, 4) is 5.75 Å². The third kappa shape index (κ3) is 3.51. The van der Waals surface area contributed by atoms with Crippen LogP contribution < -0.4 is 5.32 Å². The zero-order valence-corrected chi connectivity index (χ0v) is 11.8. The summed E-state index contributed by atoms with van der Waals surface area (Å²) in [7, 11) is 0. The highest BCUT2D eigenvalue weighted by atomic mass is 16.3. The zero-order chi connectivity index (χ0) is 15.4. The van der Waals surface area contributed by atoms with Crippen LogP contribution in [0.3, 0.4) is 0 Å². The van der Waals surface area contributed by atoms with Crippen LogP contribution in [0.5, 0.6) is 5.75 Å². The van der Waals surface area contributed by atoms with Gasteiger partial charge in [-0.15, -0.1) is 0 Å². The number of nitrogens with one attached hydrogen (secondary N) is 1. The van der Waals surface area contributed by atoms with Crippen molar-refractivity contribution in [2.24, 2.45) is 0 Å². The van der Waals surface area contributed by atoms with Crippen LogP contribution in [0.2, 0.25) is 0 Å². The van der Waals surface area contributed by atoms with Gasteiger partial charge in [0.15, 0.2) is 0 Å². The summed E-state index contributed by atoms with van der Waals surface area (Å²) < 4.78 is 0. The van der Waals surface area contributed by atoms with E-state index < -0.39 is 12.2 Å². The molecular formula is C16H19NO4. The second kappa shape index (κ2) is 6.56. The number of aliphatic hydroxyl groups excluding tert-OH is 2. The number of aromatic hydroxyl groups is 1. The topological polar surface area (TPSA) is 89.8 Å². The van der Waals surface area contributed by atoms with Crippen molar-refractivity contribution in [3.05, 3.63) is 42.0 Å². The molecule has 1 amide bonds. The Hall–Kier alpha value is -2.11. The molecule has 2 aromatic rings. The maximum atomic E-state index is 10.8. The van der Waals surface area contributed by atoms with Gasteiger partial charge in [-0.3, -0.25) is 4.79 Å². The van der Waals surface area contributed by atoms with Crippen molar-refractivity contribution in [3.63, 3.8) is 0 Å². The second-order valence-electron chi connectivity index (χ2n) is 5.00. The Labute approximate surface area is 122 Å². The second-order valence-corrected chi connectivity index (χ2v) is 5.00. The number of hydrogen-bond donors (Lipinski definition) is 4. The molecule has 0 aliphatic rings. The van der Waals surface area contributed by atoms with Gasteiger partial charge in [-0.05, 0) is 23.4 Å². The molecule has 0 saturated carbocycles. The van der Waals surface area contributed by atoms with E-state index in [0.717, 1.165) is 0 Å². The fourth-order valence-electron chi connectivity index (χ4n) is 2.33. The van der Waals surface area contributed by atoms with Crippen molar-refractivity contribution < 1.29 is 20.1 Å². The van der Waals surface area contributed by atoms with Gasteiger partial charge in [0.1, 0.15) is 11.9 Å². The highest BCUT2D eigenvalue weighted by molar-refractivity contribution is 5.91. The highest BCUT2D eigenvalue weighted by Crippen LogP contribution is 2.32. The summed E-state index contributed by atoms with van der Waals surface area (Å²) >= 11 is 0. The first-order valence-corrected chi connectivity index (χ1v) is 6.82. The first kappa shape index (κ1) is 15.3. The lowest BCUT2D eigenvalue weighted by atomic mass is 9.95. The average Bonchev–Trinajstić information content (AvgIpc) is 2.47. The summed E-state index contributed by atoms with van der Waals surface area (Å²) in [6.07, 6.45) is -1.83. The number of rotatable bonds is 5. The van der Waals surface area contributed by atoms with Gasteiger partial charge in [0.25, 0.3) is 0 Å². The van der Waals surface area contributed by atoms with Crippen molar-refractivity contribution in [1.82, 2.24) is 5.32 Å². The molecule has 21 heavy (non-hydrogen) atoms.